The summed E-state index contributed by atoms with van der Waals surface area (Å²) >= 11 is 0. The van der Waals surface area contributed by atoms with E-state index in [4.69, 9.17) is 4.74 Å². The molecule has 3 heteroatoms. The molecule has 3 aliphatic carbocycles. The first-order valence-corrected chi connectivity index (χ1v) is 10.3. The normalized spacial score (nSPS) is 33.3. The number of ether oxygens (including phenoxy) is 1. The van der Waals surface area contributed by atoms with Gasteiger partial charge in [-0.2, -0.15) is 0 Å². The molecule has 1 fully saturated rings. The summed E-state index contributed by atoms with van der Waals surface area (Å²) in [6, 6.07) is 0. The number of fused-ring (bicyclic) bond motifs is 2. The highest BCUT2D eigenvalue weighted by Gasteiger charge is 2.49. The van der Waals surface area contributed by atoms with E-state index in [9.17, 15) is 9.59 Å². The first-order chi connectivity index (χ1) is 12.2. The number of allylic oxidation sites excluding steroid dienone is 4. The summed E-state index contributed by atoms with van der Waals surface area (Å²) in [4.78, 5) is 23.8. The van der Waals surface area contributed by atoms with Crippen LogP contribution in [0.5, 0.6) is 0 Å². The molecule has 144 valence electrons. The molecule has 0 N–H and O–H groups in total. The molecule has 0 aliphatic heterocycles. The highest BCUT2D eigenvalue weighted by molar-refractivity contribution is 5.97. The van der Waals surface area contributed by atoms with Gasteiger partial charge < -0.3 is 4.74 Å². The predicted molar refractivity (Wildman–Crippen MR) is 104 cm³/mol. The van der Waals surface area contributed by atoms with Gasteiger partial charge >= 0.3 is 5.97 Å². The average Bonchev–Trinajstić information content (AvgIpc) is 2.60. The van der Waals surface area contributed by atoms with Crippen LogP contribution in [0.2, 0.25) is 0 Å². The lowest BCUT2D eigenvalue weighted by atomic mass is 9.54. The standard InChI is InChI=1S/C23H34O3/c1-6-20-18-9-8-16-12-21(25)22(4,5)13-19(16)17(18)10-11-23(20,7-2)14-26-15(3)24/h12,18,20H,6-11,13-14H2,1-5H3/t18-,20+,23?/m1/s1. The molecular weight excluding hydrogens is 324 g/mol. The van der Waals surface area contributed by atoms with Crippen LogP contribution in [-0.4, -0.2) is 18.4 Å². The number of rotatable bonds is 4. The van der Waals surface area contributed by atoms with Crippen LogP contribution < -0.4 is 0 Å². The Labute approximate surface area is 158 Å². The van der Waals surface area contributed by atoms with Crippen molar-refractivity contribution in [2.45, 2.75) is 79.6 Å². The van der Waals surface area contributed by atoms with E-state index in [2.05, 4.69) is 27.7 Å². The van der Waals surface area contributed by atoms with E-state index < -0.39 is 0 Å². The van der Waals surface area contributed by atoms with Crippen LogP contribution in [0.4, 0.5) is 0 Å². The van der Waals surface area contributed by atoms with Crippen LogP contribution in [0, 0.1) is 22.7 Å². The molecule has 1 unspecified atom stereocenters. The number of hydrogen-bond acceptors (Lipinski definition) is 3. The average molecular weight is 359 g/mol. The maximum Gasteiger partial charge on any atom is 0.302 e. The zero-order valence-corrected chi connectivity index (χ0v) is 17.1. The lowest BCUT2D eigenvalue weighted by molar-refractivity contribution is -0.148. The van der Waals surface area contributed by atoms with Crippen LogP contribution in [0.25, 0.3) is 0 Å². The third kappa shape index (κ3) is 3.18. The van der Waals surface area contributed by atoms with Gasteiger partial charge in [0.15, 0.2) is 5.78 Å². The summed E-state index contributed by atoms with van der Waals surface area (Å²) in [6.45, 7) is 10.8. The van der Waals surface area contributed by atoms with E-state index in [-0.39, 0.29) is 22.6 Å². The summed E-state index contributed by atoms with van der Waals surface area (Å²) in [5.41, 5.74) is 4.24. The van der Waals surface area contributed by atoms with Crippen LogP contribution in [0.1, 0.15) is 79.6 Å². The zero-order valence-electron chi connectivity index (χ0n) is 17.1. The minimum atomic E-state index is -0.271. The van der Waals surface area contributed by atoms with Crippen LogP contribution in [0.3, 0.4) is 0 Å². The third-order valence-corrected chi connectivity index (χ3v) is 7.41. The van der Waals surface area contributed by atoms with E-state index >= 15 is 0 Å². The molecule has 0 aromatic rings. The van der Waals surface area contributed by atoms with Crippen molar-refractivity contribution in [1.82, 2.24) is 0 Å². The van der Waals surface area contributed by atoms with Gasteiger partial charge in [-0.3, -0.25) is 9.59 Å². The first kappa shape index (κ1) is 19.4. The summed E-state index contributed by atoms with van der Waals surface area (Å²) in [6.07, 6.45) is 9.35. The maximum atomic E-state index is 12.4. The Balaban J connectivity index is 1.97. The summed E-state index contributed by atoms with van der Waals surface area (Å²) in [5.74, 6) is 1.26. The Hall–Kier alpha value is -1.38. The smallest absolute Gasteiger partial charge is 0.302 e. The SMILES string of the molecule is CC[C@H]1[C@@H]2CCC3=CC(=O)C(C)(C)CC3=C2CCC1(CC)COC(C)=O. The second-order valence-corrected chi connectivity index (χ2v) is 9.25. The number of ketones is 1. The lowest BCUT2D eigenvalue weighted by Crippen LogP contribution is -2.45. The monoisotopic (exact) mass is 358 g/mol. The quantitative estimate of drug-likeness (QED) is 0.632. The summed E-state index contributed by atoms with van der Waals surface area (Å²) in [7, 11) is 0. The Morgan fingerprint density at radius 3 is 2.62 bits per heavy atom. The number of hydrogen-bond donors (Lipinski definition) is 0. The molecule has 0 heterocycles. The molecule has 1 saturated carbocycles. The Kier molecular flexibility index (Phi) is 5.20. The fourth-order valence-corrected chi connectivity index (χ4v) is 5.79. The minimum absolute atomic E-state index is 0.108. The second-order valence-electron chi connectivity index (χ2n) is 9.25. The third-order valence-electron chi connectivity index (χ3n) is 7.41. The van der Waals surface area contributed by atoms with Crippen molar-refractivity contribution in [3.05, 3.63) is 22.8 Å². The van der Waals surface area contributed by atoms with Crippen molar-refractivity contribution >= 4 is 11.8 Å². The molecule has 0 bridgehead atoms. The van der Waals surface area contributed by atoms with Gasteiger partial charge in [0, 0.05) is 17.8 Å². The Bertz CT molecular complexity index is 667. The van der Waals surface area contributed by atoms with Crippen LogP contribution in [-0.2, 0) is 14.3 Å². The molecule has 0 saturated heterocycles. The largest absolute Gasteiger partial charge is 0.465 e. The van der Waals surface area contributed by atoms with Crippen molar-refractivity contribution < 1.29 is 14.3 Å². The van der Waals surface area contributed by atoms with E-state index in [1.54, 1.807) is 5.57 Å². The van der Waals surface area contributed by atoms with E-state index in [0.29, 0.717) is 18.4 Å². The molecule has 3 aliphatic rings. The van der Waals surface area contributed by atoms with Gasteiger partial charge in [0.05, 0.1) is 6.61 Å². The van der Waals surface area contributed by atoms with Gasteiger partial charge in [-0.15, -0.1) is 0 Å². The van der Waals surface area contributed by atoms with E-state index in [1.807, 2.05) is 6.08 Å². The topological polar surface area (TPSA) is 43.4 Å². The van der Waals surface area contributed by atoms with Gasteiger partial charge in [0.25, 0.3) is 0 Å². The number of carbonyl (C=O) groups excluding carboxylic acids is 2. The van der Waals surface area contributed by atoms with Crippen molar-refractivity contribution in [1.29, 1.82) is 0 Å². The van der Waals surface area contributed by atoms with E-state index in [1.165, 1.54) is 18.1 Å². The molecule has 0 aromatic heterocycles. The van der Waals surface area contributed by atoms with Gasteiger partial charge in [-0.25, -0.2) is 0 Å². The van der Waals surface area contributed by atoms with Crippen LogP contribution >= 0.6 is 0 Å². The number of carbonyl (C=O) groups is 2. The Morgan fingerprint density at radius 1 is 1.27 bits per heavy atom. The molecule has 0 amide bonds. The minimum Gasteiger partial charge on any atom is -0.465 e. The molecule has 3 atom stereocenters. The molecule has 0 aromatic carbocycles. The lowest BCUT2D eigenvalue weighted by Gasteiger charge is -2.51. The fraction of sp³-hybridized carbons (Fsp3) is 0.739. The van der Waals surface area contributed by atoms with Crippen LogP contribution in [0.15, 0.2) is 22.8 Å². The van der Waals surface area contributed by atoms with Gasteiger partial charge in [-0.05, 0) is 67.6 Å². The molecular formula is C23H34O3. The summed E-state index contributed by atoms with van der Waals surface area (Å²) < 4.78 is 5.53. The first-order valence-electron chi connectivity index (χ1n) is 10.3. The van der Waals surface area contributed by atoms with Crippen molar-refractivity contribution in [2.24, 2.45) is 22.7 Å². The highest BCUT2D eigenvalue weighted by Crippen LogP contribution is 2.57. The predicted octanol–water partition coefficient (Wildman–Crippen LogP) is 5.40. The van der Waals surface area contributed by atoms with Crippen molar-refractivity contribution in [2.75, 3.05) is 6.61 Å². The fourth-order valence-electron chi connectivity index (χ4n) is 5.79. The molecule has 26 heavy (non-hydrogen) atoms. The highest BCUT2D eigenvalue weighted by atomic mass is 16.5. The van der Waals surface area contributed by atoms with Gasteiger partial charge in [0.1, 0.15) is 0 Å². The molecule has 0 spiro atoms. The maximum absolute atomic E-state index is 12.4. The number of esters is 1. The van der Waals surface area contributed by atoms with E-state index in [0.717, 1.165) is 44.9 Å². The summed E-state index contributed by atoms with van der Waals surface area (Å²) in [5, 5.41) is 0. The molecule has 3 nitrogen and oxygen atoms in total. The molecule has 0 radical (unpaired) electrons. The van der Waals surface area contributed by atoms with Crippen molar-refractivity contribution in [3.8, 4) is 0 Å². The van der Waals surface area contributed by atoms with Gasteiger partial charge in [-0.1, -0.05) is 39.7 Å². The second kappa shape index (κ2) is 6.98. The Morgan fingerprint density at radius 2 is 2.00 bits per heavy atom. The van der Waals surface area contributed by atoms with Gasteiger partial charge in [0.2, 0.25) is 0 Å². The zero-order chi connectivity index (χ0) is 19.1. The molecule has 3 rings (SSSR count). The van der Waals surface area contributed by atoms with Crippen molar-refractivity contribution in [3.63, 3.8) is 0 Å².